The lowest BCUT2D eigenvalue weighted by atomic mass is 9.78. The van der Waals surface area contributed by atoms with Crippen molar-refractivity contribution < 1.29 is 19.5 Å². The van der Waals surface area contributed by atoms with Crippen LogP contribution >= 0.6 is 11.8 Å². The van der Waals surface area contributed by atoms with Gasteiger partial charge in [-0.15, -0.1) is 0 Å². The molecule has 21 heavy (non-hydrogen) atoms. The molecule has 3 N–H and O–H groups in total. The summed E-state index contributed by atoms with van der Waals surface area (Å²) in [6, 6.07) is 0. The summed E-state index contributed by atoms with van der Waals surface area (Å²) in [5.41, 5.74) is 4.50. The van der Waals surface area contributed by atoms with Crippen LogP contribution in [0.5, 0.6) is 0 Å². The van der Waals surface area contributed by atoms with Gasteiger partial charge in [0.15, 0.2) is 0 Å². The number of amides is 2. The van der Waals surface area contributed by atoms with E-state index in [2.05, 4.69) is 0 Å². The lowest BCUT2D eigenvalue weighted by Crippen LogP contribution is -2.52. The van der Waals surface area contributed by atoms with E-state index in [0.29, 0.717) is 12.2 Å². The fourth-order valence-electron chi connectivity index (χ4n) is 2.89. The molecule has 0 aromatic heterocycles. The topological polar surface area (TPSA) is 101 Å². The summed E-state index contributed by atoms with van der Waals surface area (Å²) in [6.45, 7) is 0. The van der Waals surface area contributed by atoms with Gasteiger partial charge in [-0.25, -0.2) is 0 Å². The van der Waals surface area contributed by atoms with Gasteiger partial charge in [0, 0.05) is 19.2 Å². The molecule has 0 aliphatic heterocycles. The van der Waals surface area contributed by atoms with Crippen LogP contribution in [0, 0.1) is 0 Å². The fraction of sp³-hybridized carbons (Fsp3) is 0.786. The molecule has 0 atom stereocenters. The number of nitrogens with two attached hydrogens (primary N) is 1. The van der Waals surface area contributed by atoms with Crippen molar-refractivity contribution in [3.63, 3.8) is 0 Å². The number of primary amides is 1. The van der Waals surface area contributed by atoms with E-state index in [-0.39, 0.29) is 18.1 Å². The average molecular weight is 316 g/mol. The fourth-order valence-corrected chi connectivity index (χ4v) is 3.55. The third-order valence-corrected chi connectivity index (χ3v) is 5.04. The van der Waals surface area contributed by atoms with Crippen LogP contribution in [0.15, 0.2) is 0 Å². The molecule has 1 aliphatic carbocycles. The molecule has 1 rings (SSSR count). The molecule has 0 unspecified atom stereocenters. The van der Waals surface area contributed by atoms with Crippen LogP contribution in [0.2, 0.25) is 0 Å². The number of carbonyl (C=O) groups excluding carboxylic acids is 2. The molecule has 0 bridgehead atoms. The normalized spacial score (nSPS) is 17.2. The first-order chi connectivity index (χ1) is 9.87. The van der Waals surface area contributed by atoms with Crippen molar-refractivity contribution in [2.45, 2.75) is 50.5 Å². The Balaban J connectivity index is 2.58. The maximum Gasteiger partial charge on any atom is 0.305 e. The van der Waals surface area contributed by atoms with E-state index in [9.17, 15) is 14.4 Å². The molecule has 1 saturated carbocycles. The van der Waals surface area contributed by atoms with E-state index in [1.54, 1.807) is 11.9 Å². The Kier molecular flexibility index (Phi) is 7.01. The van der Waals surface area contributed by atoms with Crippen molar-refractivity contribution in [3.05, 3.63) is 0 Å². The Morgan fingerprint density at radius 2 is 1.86 bits per heavy atom. The zero-order valence-electron chi connectivity index (χ0n) is 12.5. The number of hydrogen-bond acceptors (Lipinski definition) is 4. The summed E-state index contributed by atoms with van der Waals surface area (Å²) < 4.78 is 0. The van der Waals surface area contributed by atoms with Gasteiger partial charge in [0.2, 0.25) is 11.8 Å². The molecule has 0 heterocycles. The van der Waals surface area contributed by atoms with Gasteiger partial charge in [-0.2, -0.15) is 11.8 Å². The highest BCUT2D eigenvalue weighted by Crippen LogP contribution is 2.36. The first-order valence-electron chi connectivity index (χ1n) is 7.22. The van der Waals surface area contributed by atoms with E-state index in [1.807, 2.05) is 0 Å². The SMILES string of the molecule is CN(C(=O)CCSCC(N)=O)C1(CC(=O)O)CCCCC1. The van der Waals surface area contributed by atoms with Crippen molar-refractivity contribution in [1.82, 2.24) is 4.90 Å². The Morgan fingerprint density at radius 3 is 2.38 bits per heavy atom. The van der Waals surface area contributed by atoms with Crippen LogP contribution in [-0.4, -0.2) is 51.9 Å². The zero-order chi connectivity index (χ0) is 15.9. The number of thioether (sulfide) groups is 1. The monoisotopic (exact) mass is 316 g/mol. The molecule has 2 amide bonds. The minimum atomic E-state index is -0.861. The summed E-state index contributed by atoms with van der Waals surface area (Å²) in [5.74, 6) is -0.586. The number of carboxylic acid groups (broad SMARTS) is 1. The molecule has 0 spiro atoms. The molecular weight excluding hydrogens is 292 g/mol. The average Bonchev–Trinajstić information content (AvgIpc) is 2.42. The largest absolute Gasteiger partial charge is 0.481 e. The molecule has 0 aromatic carbocycles. The molecule has 1 aliphatic rings. The number of carbonyl (C=O) groups is 3. The predicted molar refractivity (Wildman–Crippen MR) is 82.0 cm³/mol. The minimum Gasteiger partial charge on any atom is -0.481 e. The van der Waals surface area contributed by atoms with Gasteiger partial charge in [0.25, 0.3) is 0 Å². The van der Waals surface area contributed by atoms with Crippen molar-refractivity contribution in [2.24, 2.45) is 5.73 Å². The van der Waals surface area contributed by atoms with Gasteiger partial charge < -0.3 is 15.7 Å². The highest BCUT2D eigenvalue weighted by atomic mass is 32.2. The molecular formula is C14H24N2O4S. The van der Waals surface area contributed by atoms with Gasteiger partial charge in [-0.05, 0) is 12.8 Å². The number of rotatable bonds is 8. The Bertz CT molecular complexity index is 394. The van der Waals surface area contributed by atoms with Gasteiger partial charge in [0.1, 0.15) is 0 Å². The third-order valence-electron chi connectivity index (χ3n) is 4.05. The van der Waals surface area contributed by atoms with E-state index in [0.717, 1.165) is 32.1 Å². The van der Waals surface area contributed by atoms with Crippen LogP contribution in [0.1, 0.15) is 44.9 Å². The molecule has 1 fully saturated rings. The van der Waals surface area contributed by atoms with E-state index in [4.69, 9.17) is 10.8 Å². The summed E-state index contributed by atoms with van der Waals surface area (Å²) >= 11 is 1.33. The summed E-state index contributed by atoms with van der Waals surface area (Å²) in [4.78, 5) is 35.7. The number of carboxylic acids is 1. The molecule has 0 radical (unpaired) electrons. The third kappa shape index (κ3) is 5.57. The number of hydrogen-bond donors (Lipinski definition) is 2. The van der Waals surface area contributed by atoms with Crippen molar-refractivity contribution in [2.75, 3.05) is 18.6 Å². The second-order valence-corrected chi connectivity index (χ2v) is 6.68. The van der Waals surface area contributed by atoms with Crippen LogP contribution in [-0.2, 0) is 14.4 Å². The van der Waals surface area contributed by atoms with Crippen LogP contribution < -0.4 is 5.73 Å². The van der Waals surface area contributed by atoms with Gasteiger partial charge in [-0.3, -0.25) is 14.4 Å². The highest BCUT2D eigenvalue weighted by Gasteiger charge is 2.40. The van der Waals surface area contributed by atoms with Crippen molar-refractivity contribution >= 4 is 29.5 Å². The van der Waals surface area contributed by atoms with Gasteiger partial charge in [0.05, 0.1) is 17.7 Å². The van der Waals surface area contributed by atoms with E-state index >= 15 is 0 Å². The summed E-state index contributed by atoms with van der Waals surface area (Å²) in [5, 5.41) is 9.14. The maximum atomic E-state index is 12.3. The number of aliphatic carboxylic acids is 1. The Hall–Kier alpha value is -1.24. The Morgan fingerprint density at radius 1 is 1.24 bits per heavy atom. The predicted octanol–water partition coefficient (Wildman–Crippen LogP) is 1.23. The summed E-state index contributed by atoms with van der Waals surface area (Å²) in [7, 11) is 1.70. The Labute approximate surface area is 129 Å². The van der Waals surface area contributed by atoms with Gasteiger partial charge >= 0.3 is 5.97 Å². The molecule has 0 aromatic rings. The minimum absolute atomic E-state index is 0.00364. The maximum absolute atomic E-state index is 12.3. The zero-order valence-corrected chi connectivity index (χ0v) is 13.3. The lowest BCUT2D eigenvalue weighted by molar-refractivity contribution is -0.145. The van der Waals surface area contributed by atoms with E-state index in [1.165, 1.54) is 11.8 Å². The van der Waals surface area contributed by atoms with Crippen molar-refractivity contribution in [3.8, 4) is 0 Å². The molecule has 6 nitrogen and oxygen atoms in total. The first kappa shape index (κ1) is 17.8. The first-order valence-corrected chi connectivity index (χ1v) is 8.37. The standard InChI is InChI=1S/C14H24N2O4S/c1-16(12(18)5-8-21-10-11(15)17)14(9-13(19)20)6-3-2-4-7-14/h2-10H2,1H3,(H2,15,17)(H,19,20). The molecule has 7 heteroatoms. The quantitative estimate of drug-likeness (QED) is 0.656. The summed E-state index contributed by atoms with van der Waals surface area (Å²) in [6.07, 6.45) is 4.81. The molecule has 0 saturated heterocycles. The van der Waals surface area contributed by atoms with Crippen LogP contribution in [0.3, 0.4) is 0 Å². The highest BCUT2D eigenvalue weighted by molar-refractivity contribution is 7.99. The van der Waals surface area contributed by atoms with Crippen LogP contribution in [0.25, 0.3) is 0 Å². The van der Waals surface area contributed by atoms with Crippen molar-refractivity contribution in [1.29, 1.82) is 0 Å². The number of nitrogens with zero attached hydrogens (tertiary/aromatic N) is 1. The van der Waals surface area contributed by atoms with E-state index < -0.39 is 17.4 Å². The second kappa shape index (κ2) is 8.26. The van der Waals surface area contributed by atoms with Crippen LogP contribution in [0.4, 0.5) is 0 Å². The smallest absolute Gasteiger partial charge is 0.305 e. The lowest BCUT2D eigenvalue weighted by Gasteiger charge is -2.44. The van der Waals surface area contributed by atoms with Gasteiger partial charge in [-0.1, -0.05) is 19.3 Å². The second-order valence-electron chi connectivity index (χ2n) is 5.58. The molecule has 120 valence electrons.